The van der Waals surface area contributed by atoms with E-state index in [1.54, 1.807) is 0 Å². The summed E-state index contributed by atoms with van der Waals surface area (Å²) in [7, 11) is 0. The highest BCUT2D eigenvalue weighted by atomic mass is 35.5. The summed E-state index contributed by atoms with van der Waals surface area (Å²) in [5.74, 6) is 0.905. The Morgan fingerprint density at radius 2 is 1.86 bits per heavy atom. The van der Waals surface area contributed by atoms with Crippen molar-refractivity contribution >= 4 is 18.4 Å². The first-order valence-corrected chi connectivity index (χ1v) is 7.26. The predicted molar refractivity (Wildman–Crippen MR) is 84.5 cm³/mol. The van der Waals surface area contributed by atoms with Gasteiger partial charge in [0, 0.05) is 13.1 Å². The lowest BCUT2D eigenvalue weighted by molar-refractivity contribution is 0.381. The normalized spacial score (nSPS) is 15.6. The van der Waals surface area contributed by atoms with Crippen molar-refractivity contribution in [1.29, 1.82) is 0 Å². The second kappa shape index (κ2) is 7.56. The molecule has 0 atom stereocenters. The van der Waals surface area contributed by atoms with Gasteiger partial charge in [-0.15, -0.1) is 17.5 Å². The predicted octanol–water partition coefficient (Wildman–Crippen LogP) is 2.55. The molecule has 0 amide bonds. The molecule has 3 rings (SSSR count). The Balaban J connectivity index is 0.00000176. The minimum absolute atomic E-state index is 0. The van der Waals surface area contributed by atoms with E-state index in [9.17, 15) is 4.39 Å². The summed E-state index contributed by atoms with van der Waals surface area (Å²) < 4.78 is 18.4. The standard InChI is InChI=1S/C15H19FN4O.ClH/c16-13-3-1-11(2-4-13)9-12-5-7-20(8-6-12)15-19-18-14(10-17)21-15;/h1-4,12H,5-10,17H2;1H. The third-order valence-corrected chi connectivity index (χ3v) is 3.95. The van der Waals surface area contributed by atoms with Gasteiger partial charge in [-0.2, -0.15) is 0 Å². The summed E-state index contributed by atoms with van der Waals surface area (Å²) in [6.07, 6.45) is 3.13. The fourth-order valence-electron chi connectivity index (χ4n) is 2.74. The van der Waals surface area contributed by atoms with Gasteiger partial charge in [0.1, 0.15) is 5.82 Å². The quantitative estimate of drug-likeness (QED) is 0.935. The van der Waals surface area contributed by atoms with Gasteiger partial charge in [0.25, 0.3) is 0 Å². The van der Waals surface area contributed by atoms with Crippen LogP contribution in [0.5, 0.6) is 0 Å². The molecule has 1 fully saturated rings. The molecule has 1 aromatic heterocycles. The topological polar surface area (TPSA) is 68.2 Å². The van der Waals surface area contributed by atoms with Crippen LogP contribution in [0, 0.1) is 11.7 Å². The number of aromatic nitrogens is 2. The fraction of sp³-hybridized carbons (Fsp3) is 0.467. The van der Waals surface area contributed by atoms with Crippen LogP contribution in [0.2, 0.25) is 0 Å². The molecule has 0 spiro atoms. The van der Waals surface area contributed by atoms with Crippen LogP contribution in [0.3, 0.4) is 0 Å². The van der Waals surface area contributed by atoms with Crippen LogP contribution in [-0.2, 0) is 13.0 Å². The van der Waals surface area contributed by atoms with Gasteiger partial charge in [-0.05, 0) is 42.9 Å². The number of hydrogen-bond donors (Lipinski definition) is 1. The summed E-state index contributed by atoms with van der Waals surface area (Å²) in [5.41, 5.74) is 6.66. The van der Waals surface area contributed by atoms with Gasteiger partial charge in [0.05, 0.1) is 6.54 Å². The molecule has 1 aliphatic heterocycles. The molecule has 1 saturated heterocycles. The zero-order valence-corrected chi connectivity index (χ0v) is 13.1. The summed E-state index contributed by atoms with van der Waals surface area (Å²) in [5, 5.41) is 7.90. The Kier molecular flexibility index (Phi) is 5.74. The highest BCUT2D eigenvalue weighted by Gasteiger charge is 2.22. The average molecular weight is 327 g/mol. The van der Waals surface area contributed by atoms with E-state index < -0.39 is 0 Å². The van der Waals surface area contributed by atoms with E-state index in [1.807, 2.05) is 12.1 Å². The van der Waals surface area contributed by atoms with Gasteiger partial charge < -0.3 is 15.1 Å². The van der Waals surface area contributed by atoms with Crippen LogP contribution in [0.4, 0.5) is 10.4 Å². The summed E-state index contributed by atoms with van der Waals surface area (Å²) in [6, 6.07) is 7.35. The molecule has 0 saturated carbocycles. The van der Waals surface area contributed by atoms with Crippen LogP contribution in [0.15, 0.2) is 28.7 Å². The van der Waals surface area contributed by atoms with Gasteiger partial charge in [0.15, 0.2) is 0 Å². The molecule has 1 aliphatic rings. The van der Waals surface area contributed by atoms with Crippen molar-refractivity contribution in [2.75, 3.05) is 18.0 Å². The number of anilines is 1. The zero-order chi connectivity index (χ0) is 14.7. The van der Waals surface area contributed by atoms with Crippen molar-refractivity contribution in [3.05, 3.63) is 41.5 Å². The van der Waals surface area contributed by atoms with Crippen molar-refractivity contribution in [1.82, 2.24) is 10.2 Å². The van der Waals surface area contributed by atoms with Crippen molar-refractivity contribution in [2.45, 2.75) is 25.8 Å². The van der Waals surface area contributed by atoms with Gasteiger partial charge in [-0.3, -0.25) is 0 Å². The molecule has 22 heavy (non-hydrogen) atoms. The molecule has 120 valence electrons. The lowest BCUT2D eigenvalue weighted by atomic mass is 9.90. The first kappa shape index (κ1) is 16.7. The third kappa shape index (κ3) is 3.96. The van der Waals surface area contributed by atoms with E-state index in [4.69, 9.17) is 10.2 Å². The van der Waals surface area contributed by atoms with E-state index in [2.05, 4.69) is 15.1 Å². The van der Waals surface area contributed by atoms with Gasteiger partial charge in [-0.25, -0.2) is 4.39 Å². The highest BCUT2D eigenvalue weighted by molar-refractivity contribution is 5.85. The minimum Gasteiger partial charge on any atom is -0.407 e. The first-order valence-electron chi connectivity index (χ1n) is 7.26. The summed E-state index contributed by atoms with van der Waals surface area (Å²) >= 11 is 0. The number of halogens is 2. The Hall–Kier alpha value is -1.66. The molecular weight excluding hydrogens is 307 g/mol. The van der Waals surface area contributed by atoms with Gasteiger partial charge in [0.2, 0.25) is 5.89 Å². The van der Waals surface area contributed by atoms with Crippen molar-refractivity contribution in [3.63, 3.8) is 0 Å². The second-order valence-electron chi connectivity index (χ2n) is 5.44. The van der Waals surface area contributed by atoms with E-state index in [0.29, 0.717) is 17.8 Å². The Bertz CT molecular complexity index is 581. The number of piperidine rings is 1. The van der Waals surface area contributed by atoms with Gasteiger partial charge >= 0.3 is 6.01 Å². The average Bonchev–Trinajstić information content (AvgIpc) is 2.99. The first-order chi connectivity index (χ1) is 10.2. The maximum absolute atomic E-state index is 12.9. The Morgan fingerprint density at radius 3 is 2.45 bits per heavy atom. The number of rotatable bonds is 4. The summed E-state index contributed by atoms with van der Waals surface area (Å²) in [4.78, 5) is 2.10. The molecule has 5 nitrogen and oxygen atoms in total. The van der Waals surface area contributed by atoms with Crippen LogP contribution in [0.1, 0.15) is 24.3 Å². The van der Waals surface area contributed by atoms with E-state index in [0.717, 1.165) is 32.4 Å². The number of benzene rings is 1. The lowest BCUT2D eigenvalue weighted by Crippen LogP contribution is -2.34. The molecule has 2 heterocycles. The van der Waals surface area contributed by atoms with Crippen LogP contribution >= 0.6 is 12.4 Å². The van der Waals surface area contributed by atoms with Gasteiger partial charge in [-0.1, -0.05) is 17.2 Å². The largest absolute Gasteiger partial charge is 0.407 e. The molecule has 0 unspecified atom stereocenters. The zero-order valence-electron chi connectivity index (χ0n) is 12.2. The molecule has 0 aliphatic carbocycles. The number of nitrogens with two attached hydrogens (primary N) is 1. The SMILES string of the molecule is Cl.NCc1nnc(N2CCC(Cc3ccc(F)cc3)CC2)o1. The Morgan fingerprint density at radius 1 is 1.18 bits per heavy atom. The maximum atomic E-state index is 12.9. The van der Waals surface area contributed by atoms with Crippen LogP contribution in [0.25, 0.3) is 0 Å². The molecule has 0 bridgehead atoms. The molecule has 2 aromatic rings. The molecular formula is C15H20ClFN4O. The molecule has 7 heteroatoms. The van der Waals surface area contributed by atoms with Crippen LogP contribution < -0.4 is 10.6 Å². The molecule has 0 radical (unpaired) electrons. The smallest absolute Gasteiger partial charge is 0.318 e. The third-order valence-electron chi connectivity index (χ3n) is 3.95. The van der Waals surface area contributed by atoms with Crippen molar-refractivity contribution in [2.24, 2.45) is 11.7 Å². The van der Waals surface area contributed by atoms with Crippen LogP contribution in [-0.4, -0.2) is 23.3 Å². The lowest BCUT2D eigenvalue weighted by Gasteiger charge is -2.30. The fourth-order valence-corrected chi connectivity index (χ4v) is 2.74. The number of nitrogens with zero attached hydrogens (tertiary/aromatic N) is 3. The highest BCUT2D eigenvalue weighted by Crippen LogP contribution is 2.25. The maximum Gasteiger partial charge on any atom is 0.318 e. The van der Waals surface area contributed by atoms with E-state index in [-0.39, 0.29) is 24.8 Å². The van der Waals surface area contributed by atoms with E-state index >= 15 is 0 Å². The van der Waals surface area contributed by atoms with Crippen molar-refractivity contribution in [3.8, 4) is 0 Å². The monoisotopic (exact) mass is 326 g/mol. The molecule has 2 N–H and O–H groups in total. The minimum atomic E-state index is -0.180. The Labute approximate surface area is 135 Å². The summed E-state index contributed by atoms with van der Waals surface area (Å²) in [6.45, 7) is 2.07. The van der Waals surface area contributed by atoms with Crippen molar-refractivity contribution < 1.29 is 8.81 Å². The molecule has 1 aromatic carbocycles. The second-order valence-corrected chi connectivity index (χ2v) is 5.44. The number of hydrogen-bond acceptors (Lipinski definition) is 5. The van der Waals surface area contributed by atoms with E-state index in [1.165, 1.54) is 17.7 Å².